The number of likely N-dealkylation sites (tertiary alicyclic amines) is 1. The fourth-order valence-electron chi connectivity index (χ4n) is 3.75. The summed E-state index contributed by atoms with van der Waals surface area (Å²) in [5.41, 5.74) is 0.461. The lowest BCUT2D eigenvalue weighted by Gasteiger charge is -2.39. The third-order valence-corrected chi connectivity index (χ3v) is 4.88. The van der Waals surface area contributed by atoms with Gasteiger partial charge in [-0.1, -0.05) is 0 Å². The van der Waals surface area contributed by atoms with E-state index in [0.29, 0.717) is 31.7 Å². The van der Waals surface area contributed by atoms with Gasteiger partial charge in [-0.15, -0.1) is 0 Å². The molecule has 5 nitrogen and oxygen atoms in total. The summed E-state index contributed by atoms with van der Waals surface area (Å²) in [6.07, 6.45) is 1.67. The van der Waals surface area contributed by atoms with Gasteiger partial charge in [-0.3, -0.25) is 9.59 Å². The maximum absolute atomic E-state index is 13.0. The van der Waals surface area contributed by atoms with Gasteiger partial charge in [0.05, 0.1) is 18.1 Å². The molecule has 0 N–H and O–H groups in total. The average molecular weight is 348 g/mol. The smallest absolute Gasteiger partial charge is 0.253 e. The Bertz CT molecular complexity index is 624. The Labute approximate surface area is 147 Å². The van der Waals surface area contributed by atoms with E-state index in [2.05, 4.69) is 0 Å². The number of ether oxygens (including phenoxy) is 1. The first-order chi connectivity index (χ1) is 11.9. The first kappa shape index (κ1) is 17.9. The molecular formula is C19H25FN2O3. The van der Waals surface area contributed by atoms with E-state index >= 15 is 0 Å². The largest absolute Gasteiger partial charge is 0.372 e. The van der Waals surface area contributed by atoms with Crippen molar-refractivity contribution in [1.82, 2.24) is 9.80 Å². The van der Waals surface area contributed by atoms with Gasteiger partial charge in [0, 0.05) is 31.7 Å². The second kappa shape index (κ2) is 7.52. The molecular weight excluding hydrogens is 323 g/mol. The summed E-state index contributed by atoms with van der Waals surface area (Å²) in [5, 5.41) is 0. The summed E-state index contributed by atoms with van der Waals surface area (Å²) in [7, 11) is 0. The highest BCUT2D eigenvalue weighted by Crippen LogP contribution is 2.23. The van der Waals surface area contributed by atoms with Crippen molar-refractivity contribution < 1.29 is 18.7 Å². The highest BCUT2D eigenvalue weighted by Gasteiger charge is 2.34. The van der Waals surface area contributed by atoms with Crippen LogP contribution in [-0.4, -0.2) is 60.0 Å². The number of carbonyl (C=O) groups is 2. The summed E-state index contributed by atoms with van der Waals surface area (Å²) in [6.45, 7) is 6.21. The Balaban J connectivity index is 1.65. The van der Waals surface area contributed by atoms with Crippen molar-refractivity contribution in [2.75, 3.05) is 26.2 Å². The van der Waals surface area contributed by atoms with E-state index in [1.165, 1.54) is 24.3 Å². The lowest BCUT2D eigenvalue weighted by atomic mass is 9.95. The molecule has 0 radical (unpaired) electrons. The first-order valence-electron chi connectivity index (χ1n) is 8.93. The normalized spacial score (nSPS) is 27.2. The monoisotopic (exact) mass is 348 g/mol. The van der Waals surface area contributed by atoms with Crippen molar-refractivity contribution in [3.05, 3.63) is 35.6 Å². The van der Waals surface area contributed by atoms with E-state index < -0.39 is 0 Å². The first-order valence-corrected chi connectivity index (χ1v) is 8.93. The number of piperidine rings is 1. The highest BCUT2D eigenvalue weighted by atomic mass is 19.1. The minimum Gasteiger partial charge on any atom is -0.372 e. The van der Waals surface area contributed by atoms with Gasteiger partial charge in [0.15, 0.2) is 0 Å². The van der Waals surface area contributed by atoms with Gasteiger partial charge in [-0.25, -0.2) is 4.39 Å². The third kappa shape index (κ3) is 4.18. The molecule has 0 bridgehead atoms. The second-order valence-corrected chi connectivity index (χ2v) is 7.10. The molecule has 3 atom stereocenters. The second-order valence-electron chi connectivity index (χ2n) is 7.10. The summed E-state index contributed by atoms with van der Waals surface area (Å²) in [6, 6.07) is 5.56. The van der Waals surface area contributed by atoms with Gasteiger partial charge in [0.2, 0.25) is 5.91 Å². The quantitative estimate of drug-likeness (QED) is 0.824. The maximum atomic E-state index is 13.0. The van der Waals surface area contributed by atoms with E-state index in [-0.39, 0.29) is 35.8 Å². The zero-order valence-electron chi connectivity index (χ0n) is 14.8. The molecule has 136 valence electrons. The van der Waals surface area contributed by atoms with Gasteiger partial charge in [0.25, 0.3) is 5.91 Å². The van der Waals surface area contributed by atoms with Gasteiger partial charge in [0.1, 0.15) is 5.82 Å². The van der Waals surface area contributed by atoms with Gasteiger partial charge < -0.3 is 14.5 Å². The molecule has 2 heterocycles. The fraction of sp³-hybridized carbons (Fsp3) is 0.579. The Hall–Kier alpha value is -1.95. The lowest BCUT2D eigenvalue weighted by Crippen LogP contribution is -2.53. The topological polar surface area (TPSA) is 49.9 Å². The molecule has 0 aromatic heterocycles. The number of halogens is 1. The van der Waals surface area contributed by atoms with Crippen LogP contribution in [0.5, 0.6) is 0 Å². The number of rotatable bonds is 2. The van der Waals surface area contributed by atoms with Gasteiger partial charge in [-0.2, -0.15) is 0 Å². The van der Waals surface area contributed by atoms with Crippen molar-refractivity contribution in [2.45, 2.75) is 38.9 Å². The number of amides is 2. The zero-order chi connectivity index (χ0) is 18.0. The average Bonchev–Trinajstić information content (AvgIpc) is 2.60. The number of benzene rings is 1. The summed E-state index contributed by atoms with van der Waals surface area (Å²) >= 11 is 0. The van der Waals surface area contributed by atoms with Crippen LogP contribution in [0.15, 0.2) is 24.3 Å². The molecule has 25 heavy (non-hydrogen) atoms. The molecule has 6 heteroatoms. The van der Waals surface area contributed by atoms with Crippen LogP contribution in [0.25, 0.3) is 0 Å². The van der Waals surface area contributed by atoms with E-state index in [0.717, 1.165) is 12.8 Å². The van der Waals surface area contributed by atoms with Crippen LogP contribution in [0.4, 0.5) is 4.39 Å². The molecule has 2 saturated heterocycles. The minimum absolute atomic E-state index is 0.0354. The van der Waals surface area contributed by atoms with E-state index in [1.807, 2.05) is 18.7 Å². The van der Waals surface area contributed by atoms with Crippen LogP contribution in [0, 0.1) is 11.7 Å². The van der Waals surface area contributed by atoms with Crippen LogP contribution in [-0.2, 0) is 9.53 Å². The molecule has 3 rings (SSSR count). The Morgan fingerprint density at radius 2 is 1.68 bits per heavy atom. The zero-order valence-corrected chi connectivity index (χ0v) is 14.8. The lowest BCUT2D eigenvalue weighted by molar-refractivity contribution is -0.148. The fourth-order valence-corrected chi connectivity index (χ4v) is 3.75. The molecule has 2 aliphatic rings. The predicted octanol–water partition coefficient (Wildman–Crippen LogP) is 2.31. The van der Waals surface area contributed by atoms with Crippen LogP contribution < -0.4 is 0 Å². The number of nitrogens with zero attached hydrogens (tertiary/aromatic N) is 2. The SMILES string of the molecule is CC1CN(C(=O)C2CCCN(C(=O)c3ccc(F)cc3)C2)CC(C)O1. The van der Waals surface area contributed by atoms with Crippen molar-refractivity contribution in [1.29, 1.82) is 0 Å². The van der Waals surface area contributed by atoms with Crippen LogP contribution in [0.2, 0.25) is 0 Å². The molecule has 0 aliphatic carbocycles. The van der Waals surface area contributed by atoms with Crippen LogP contribution in [0.3, 0.4) is 0 Å². The van der Waals surface area contributed by atoms with Crippen LogP contribution in [0.1, 0.15) is 37.0 Å². The molecule has 1 aromatic rings. The number of carbonyl (C=O) groups excluding carboxylic acids is 2. The van der Waals surface area contributed by atoms with E-state index in [4.69, 9.17) is 4.74 Å². The van der Waals surface area contributed by atoms with E-state index in [9.17, 15) is 14.0 Å². The Kier molecular flexibility index (Phi) is 5.37. The molecule has 2 aliphatic heterocycles. The molecule has 0 spiro atoms. The van der Waals surface area contributed by atoms with Gasteiger partial charge in [-0.05, 0) is 51.0 Å². The number of hydrogen-bond donors (Lipinski definition) is 0. The predicted molar refractivity (Wildman–Crippen MR) is 91.6 cm³/mol. The molecule has 3 unspecified atom stereocenters. The Morgan fingerprint density at radius 1 is 1.04 bits per heavy atom. The summed E-state index contributed by atoms with van der Waals surface area (Å²) < 4.78 is 18.7. The summed E-state index contributed by atoms with van der Waals surface area (Å²) in [4.78, 5) is 29.1. The molecule has 1 aromatic carbocycles. The third-order valence-electron chi connectivity index (χ3n) is 4.88. The maximum Gasteiger partial charge on any atom is 0.253 e. The summed E-state index contributed by atoms with van der Waals surface area (Å²) in [5.74, 6) is -0.561. The van der Waals surface area contributed by atoms with Crippen molar-refractivity contribution in [3.63, 3.8) is 0 Å². The van der Waals surface area contributed by atoms with E-state index in [1.54, 1.807) is 4.90 Å². The standard InChI is InChI=1S/C19H25FN2O3/c1-13-10-22(11-14(2)25-13)19(24)16-4-3-9-21(12-16)18(23)15-5-7-17(20)8-6-15/h5-8,13-14,16H,3-4,9-12H2,1-2H3. The molecule has 2 fully saturated rings. The van der Waals surface area contributed by atoms with Crippen molar-refractivity contribution in [3.8, 4) is 0 Å². The molecule has 0 saturated carbocycles. The molecule has 2 amide bonds. The highest BCUT2D eigenvalue weighted by molar-refractivity contribution is 5.94. The Morgan fingerprint density at radius 3 is 2.32 bits per heavy atom. The van der Waals surface area contributed by atoms with Crippen LogP contribution >= 0.6 is 0 Å². The number of hydrogen-bond acceptors (Lipinski definition) is 3. The van der Waals surface area contributed by atoms with Crippen molar-refractivity contribution in [2.24, 2.45) is 5.92 Å². The minimum atomic E-state index is -0.362. The van der Waals surface area contributed by atoms with Crippen molar-refractivity contribution >= 4 is 11.8 Å². The van der Waals surface area contributed by atoms with Gasteiger partial charge >= 0.3 is 0 Å². The number of morpholine rings is 1.